The van der Waals surface area contributed by atoms with Gasteiger partial charge in [-0.2, -0.15) is 5.10 Å². The number of hydrazone groups is 1. The monoisotopic (exact) mass is 413 g/mol. The van der Waals surface area contributed by atoms with Crippen LogP contribution >= 0.6 is 0 Å². The van der Waals surface area contributed by atoms with E-state index in [2.05, 4.69) is 60.8 Å². The first kappa shape index (κ1) is 20.5. The van der Waals surface area contributed by atoms with Gasteiger partial charge in [-0.15, -0.1) is 0 Å². The van der Waals surface area contributed by atoms with Crippen molar-refractivity contribution in [3.63, 3.8) is 0 Å². The van der Waals surface area contributed by atoms with Gasteiger partial charge in [-0.1, -0.05) is 59.7 Å². The Morgan fingerprint density at radius 3 is 2.13 bits per heavy atom. The van der Waals surface area contributed by atoms with Crippen molar-refractivity contribution in [2.24, 2.45) is 11.0 Å². The van der Waals surface area contributed by atoms with Crippen LogP contribution in [0.15, 0.2) is 77.9 Å². The molecule has 6 heteroatoms. The van der Waals surface area contributed by atoms with E-state index in [9.17, 15) is 14.9 Å². The molecule has 1 N–H and O–H groups in total. The molecule has 0 spiro atoms. The Hall–Kier alpha value is -3.80. The van der Waals surface area contributed by atoms with Crippen molar-refractivity contribution in [1.82, 2.24) is 5.43 Å². The summed E-state index contributed by atoms with van der Waals surface area (Å²) in [6.45, 7) is 4.11. The third-order valence-electron chi connectivity index (χ3n) is 5.84. The zero-order valence-electron chi connectivity index (χ0n) is 17.4. The van der Waals surface area contributed by atoms with Gasteiger partial charge in [-0.05, 0) is 49.1 Å². The van der Waals surface area contributed by atoms with E-state index in [0.717, 1.165) is 28.7 Å². The quantitative estimate of drug-likeness (QED) is 0.362. The highest BCUT2D eigenvalue weighted by atomic mass is 16.6. The average Bonchev–Trinajstić information content (AvgIpc) is 3.51. The molecule has 0 bridgehead atoms. The van der Waals surface area contributed by atoms with Crippen molar-refractivity contribution in [2.45, 2.75) is 25.7 Å². The molecule has 31 heavy (non-hydrogen) atoms. The Labute approximate surface area is 180 Å². The van der Waals surface area contributed by atoms with Gasteiger partial charge in [0.05, 0.1) is 17.1 Å². The van der Waals surface area contributed by atoms with Crippen molar-refractivity contribution in [2.75, 3.05) is 0 Å². The van der Waals surface area contributed by atoms with Gasteiger partial charge in [0.25, 0.3) is 5.69 Å². The van der Waals surface area contributed by atoms with E-state index in [1.165, 1.54) is 18.3 Å². The summed E-state index contributed by atoms with van der Waals surface area (Å²) in [5.41, 5.74) is 7.57. The minimum atomic E-state index is -0.452. The molecule has 6 nitrogen and oxygen atoms in total. The number of nitro groups is 1. The van der Waals surface area contributed by atoms with E-state index in [1.807, 2.05) is 12.1 Å². The molecule has 1 saturated carbocycles. The second-order valence-electron chi connectivity index (χ2n) is 8.05. The molecule has 0 radical (unpaired) electrons. The predicted molar refractivity (Wildman–Crippen MR) is 120 cm³/mol. The number of carbonyl (C=O) groups is 1. The smallest absolute Gasteiger partial charge is 0.269 e. The number of nitro benzene ring substituents is 1. The number of hydrogen-bond donors (Lipinski definition) is 1. The summed E-state index contributed by atoms with van der Waals surface area (Å²) in [6, 6.07) is 22.6. The van der Waals surface area contributed by atoms with Gasteiger partial charge >= 0.3 is 0 Å². The fourth-order valence-electron chi connectivity index (χ4n) is 4.16. The Balaban J connectivity index is 1.54. The molecule has 0 aromatic heterocycles. The normalized spacial score (nSPS) is 16.8. The zero-order chi connectivity index (χ0) is 22.0. The summed E-state index contributed by atoms with van der Waals surface area (Å²) in [5, 5.41) is 14.8. The van der Waals surface area contributed by atoms with Gasteiger partial charge in [-0.25, -0.2) is 5.43 Å². The first-order valence-electron chi connectivity index (χ1n) is 10.1. The third-order valence-corrected chi connectivity index (χ3v) is 5.84. The van der Waals surface area contributed by atoms with Crippen LogP contribution in [0, 0.1) is 29.9 Å². The second-order valence-corrected chi connectivity index (χ2v) is 8.05. The first-order valence-corrected chi connectivity index (χ1v) is 10.1. The number of carbonyl (C=O) groups excluding carboxylic acids is 1. The number of nitrogens with one attached hydrogen (secondary N) is 1. The molecule has 156 valence electrons. The molecule has 1 amide bonds. The number of aryl methyl sites for hydroxylation is 2. The predicted octanol–water partition coefficient (Wildman–Crippen LogP) is 4.67. The van der Waals surface area contributed by atoms with Crippen LogP contribution in [0.5, 0.6) is 0 Å². The molecule has 1 fully saturated rings. The maximum Gasteiger partial charge on any atom is 0.269 e. The second kappa shape index (κ2) is 8.14. The molecule has 1 aliphatic carbocycles. The third kappa shape index (κ3) is 4.10. The molecular weight excluding hydrogens is 390 g/mol. The Kier molecular flexibility index (Phi) is 5.38. The Bertz CT molecular complexity index is 1120. The lowest BCUT2D eigenvalue weighted by molar-refractivity contribution is -0.384. The average molecular weight is 413 g/mol. The van der Waals surface area contributed by atoms with Crippen molar-refractivity contribution >= 4 is 17.8 Å². The summed E-state index contributed by atoms with van der Waals surface area (Å²) in [6.07, 6.45) is 2.21. The molecule has 1 atom stereocenters. The minimum Gasteiger partial charge on any atom is -0.273 e. The van der Waals surface area contributed by atoms with Crippen molar-refractivity contribution in [3.05, 3.63) is 111 Å². The number of hydrogen-bond acceptors (Lipinski definition) is 4. The molecule has 3 aromatic rings. The Morgan fingerprint density at radius 2 is 1.61 bits per heavy atom. The molecular formula is C25H23N3O3. The van der Waals surface area contributed by atoms with E-state index in [1.54, 1.807) is 12.1 Å². The van der Waals surface area contributed by atoms with Gasteiger partial charge in [0.1, 0.15) is 0 Å². The van der Waals surface area contributed by atoms with Crippen LogP contribution in [0.4, 0.5) is 5.69 Å². The lowest BCUT2D eigenvalue weighted by atomic mass is 9.84. The van der Waals surface area contributed by atoms with Gasteiger partial charge < -0.3 is 0 Å². The zero-order valence-corrected chi connectivity index (χ0v) is 17.4. The van der Waals surface area contributed by atoms with E-state index >= 15 is 0 Å². The van der Waals surface area contributed by atoms with Crippen LogP contribution in [0.1, 0.15) is 34.2 Å². The van der Waals surface area contributed by atoms with E-state index in [4.69, 9.17) is 0 Å². The standard InChI is InChI=1S/C25H23N3O3/c1-17-5-3-7-20(13-17)25(21-8-4-6-18(2)14-21)15-23(25)24(29)27-26-16-19-9-11-22(12-10-19)28(30)31/h3-14,16,23H,15H2,1-2H3,(H,27,29)/t23-/m0/s1. The summed E-state index contributed by atoms with van der Waals surface area (Å²) < 4.78 is 0. The summed E-state index contributed by atoms with van der Waals surface area (Å²) in [7, 11) is 0. The van der Waals surface area contributed by atoms with Gasteiger partial charge in [0.2, 0.25) is 5.91 Å². The molecule has 3 aromatic carbocycles. The van der Waals surface area contributed by atoms with Crippen LogP contribution in [0.2, 0.25) is 0 Å². The van der Waals surface area contributed by atoms with Crippen LogP contribution < -0.4 is 5.43 Å². The largest absolute Gasteiger partial charge is 0.273 e. The number of non-ortho nitro benzene ring substituents is 1. The van der Waals surface area contributed by atoms with E-state index in [0.29, 0.717) is 5.56 Å². The van der Waals surface area contributed by atoms with E-state index in [-0.39, 0.29) is 22.9 Å². The Morgan fingerprint density at radius 1 is 1.03 bits per heavy atom. The van der Waals surface area contributed by atoms with E-state index < -0.39 is 4.92 Å². The summed E-state index contributed by atoms with van der Waals surface area (Å²) >= 11 is 0. The number of rotatable bonds is 6. The van der Waals surface area contributed by atoms with Crippen LogP contribution in [0.25, 0.3) is 0 Å². The van der Waals surface area contributed by atoms with Crippen LogP contribution in [-0.4, -0.2) is 17.0 Å². The van der Waals surface area contributed by atoms with Crippen LogP contribution in [-0.2, 0) is 10.2 Å². The fourth-order valence-corrected chi connectivity index (χ4v) is 4.16. The topological polar surface area (TPSA) is 84.6 Å². The van der Waals surface area contributed by atoms with Crippen molar-refractivity contribution < 1.29 is 9.72 Å². The minimum absolute atomic E-state index is 0.0141. The molecule has 4 rings (SSSR count). The molecule has 0 saturated heterocycles. The fraction of sp³-hybridized carbons (Fsp3) is 0.200. The first-order chi connectivity index (χ1) is 14.9. The van der Waals surface area contributed by atoms with Gasteiger partial charge in [-0.3, -0.25) is 14.9 Å². The number of nitrogens with zero attached hydrogens (tertiary/aromatic N) is 2. The van der Waals surface area contributed by atoms with Crippen molar-refractivity contribution in [1.29, 1.82) is 0 Å². The molecule has 0 unspecified atom stereocenters. The maximum absolute atomic E-state index is 13.0. The lowest BCUT2D eigenvalue weighted by Gasteiger charge is -2.19. The van der Waals surface area contributed by atoms with Crippen LogP contribution in [0.3, 0.4) is 0 Å². The van der Waals surface area contributed by atoms with Gasteiger partial charge in [0.15, 0.2) is 0 Å². The lowest BCUT2D eigenvalue weighted by Crippen LogP contribution is -2.25. The molecule has 0 aliphatic heterocycles. The molecule has 1 aliphatic rings. The summed E-state index contributed by atoms with van der Waals surface area (Å²) in [5.74, 6) is -0.355. The van der Waals surface area contributed by atoms with Crippen molar-refractivity contribution in [3.8, 4) is 0 Å². The number of amides is 1. The maximum atomic E-state index is 13.0. The van der Waals surface area contributed by atoms with Gasteiger partial charge in [0, 0.05) is 17.5 Å². The highest BCUT2D eigenvalue weighted by Crippen LogP contribution is 2.59. The number of benzene rings is 3. The summed E-state index contributed by atoms with van der Waals surface area (Å²) in [4.78, 5) is 23.3. The SMILES string of the molecule is Cc1cccc(C2(c3cccc(C)c3)C[C@H]2C(=O)NN=Cc2ccc([N+](=O)[O-])cc2)c1. The highest BCUT2D eigenvalue weighted by Gasteiger charge is 2.60. The molecule has 0 heterocycles. The highest BCUT2D eigenvalue weighted by molar-refractivity contribution is 5.87.